The third-order valence-corrected chi connectivity index (χ3v) is 2.75. The van der Waals surface area contributed by atoms with Crippen LogP contribution < -0.4 is 15.4 Å². The average Bonchev–Trinajstić information content (AvgIpc) is 2.38. The minimum atomic E-state index is -0.0995. The van der Waals surface area contributed by atoms with Crippen LogP contribution in [0.4, 0.5) is 0 Å². The fourth-order valence-electron chi connectivity index (χ4n) is 1.65. The van der Waals surface area contributed by atoms with E-state index in [9.17, 15) is 9.59 Å². The topological polar surface area (TPSA) is 67.4 Å². The maximum absolute atomic E-state index is 11.5. The summed E-state index contributed by atoms with van der Waals surface area (Å²) in [4.78, 5) is 22.2. The van der Waals surface area contributed by atoms with E-state index in [4.69, 9.17) is 4.74 Å². The molecule has 0 aliphatic heterocycles. The third-order valence-electron chi connectivity index (χ3n) is 2.75. The standard InChI is InChI=1S/C15H22N2O3/c1-11-4-5-12(2)14(10-11)20-9-6-15(19)17-8-7-16-13(3)18/h4-5,10H,6-9H2,1-3H3,(H,16,18)(H,17,19). The van der Waals surface area contributed by atoms with Gasteiger partial charge in [-0.1, -0.05) is 12.1 Å². The lowest BCUT2D eigenvalue weighted by Crippen LogP contribution is -2.34. The van der Waals surface area contributed by atoms with Crippen LogP contribution in [0.3, 0.4) is 0 Å². The van der Waals surface area contributed by atoms with Crippen LogP contribution in [0, 0.1) is 13.8 Å². The van der Waals surface area contributed by atoms with E-state index in [0.29, 0.717) is 26.1 Å². The van der Waals surface area contributed by atoms with Gasteiger partial charge >= 0.3 is 0 Å². The van der Waals surface area contributed by atoms with Crippen molar-refractivity contribution in [1.82, 2.24) is 10.6 Å². The Bertz CT molecular complexity index is 472. The number of amides is 2. The molecular weight excluding hydrogens is 256 g/mol. The van der Waals surface area contributed by atoms with E-state index in [-0.39, 0.29) is 11.8 Å². The molecule has 0 heterocycles. The molecule has 1 aromatic rings. The Labute approximate surface area is 119 Å². The number of ether oxygens (including phenoxy) is 1. The Balaban J connectivity index is 2.21. The Morgan fingerprint density at radius 3 is 2.55 bits per heavy atom. The molecule has 0 radical (unpaired) electrons. The van der Waals surface area contributed by atoms with Gasteiger partial charge in [0.15, 0.2) is 0 Å². The largest absolute Gasteiger partial charge is 0.493 e. The first kappa shape index (κ1) is 16.0. The number of nitrogens with one attached hydrogen (secondary N) is 2. The van der Waals surface area contributed by atoms with Crippen molar-refractivity contribution >= 4 is 11.8 Å². The molecule has 5 nitrogen and oxygen atoms in total. The second-order valence-electron chi connectivity index (χ2n) is 4.70. The summed E-state index contributed by atoms with van der Waals surface area (Å²) < 4.78 is 5.60. The van der Waals surface area contributed by atoms with Crippen LogP contribution in [0.5, 0.6) is 5.75 Å². The molecule has 0 unspecified atom stereocenters. The molecule has 1 rings (SSSR count). The molecule has 0 aromatic heterocycles. The summed E-state index contributed by atoms with van der Waals surface area (Å²) in [5, 5.41) is 5.33. The number of rotatable bonds is 7. The van der Waals surface area contributed by atoms with Crippen molar-refractivity contribution in [2.24, 2.45) is 0 Å². The van der Waals surface area contributed by atoms with E-state index in [2.05, 4.69) is 10.6 Å². The zero-order chi connectivity index (χ0) is 15.0. The molecule has 0 aliphatic carbocycles. The van der Waals surface area contributed by atoms with Gasteiger partial charge < -0.3 is 15.4 Å². The van der Waals surface area contributed by atoms with E-state index in [0.717, 1.165) is 16.9 Å². The van der Waals surface area contributed by atoms with Gasteiger partial charge in [-0.25, -0.2) is 0 Å². The molecule has 1 aromatic carbocycles. The lowest BCUT2D eigenvalue weighted by atomic mass is 10.1. The first-order chi connectivity index (χ1) is 9.49. The monoisotopic (exact) mass is 278 g/mol. The van der Waals surface area contributed by atoms with Gasteiger partial charge in [0.25, 0.3) is 0 Å². The molecule has 20 heavy (non-hydrogen) atoms. The van der Waals surface area contributed by atoms with Gasteiger partial charge in [0.05, 0.1) is 13.0 Å². The first-order valence-corrected chi connectivity index (χ1v) is 6.70. The van der Waals surface area contributed by atoms with Gasteiger partial charge in [0.1, 0.15) is 5.75 Å². The minimum Gasteiger partial charge on any atom is -0.493 e. The molecule has 0 saturated carbocycles. The van der Waals surface area contributed by atoms with Gasteiger partial charge in [0, 0.05) is 20.0 Å². The SMILES string of the molecule is CC(=O)NCCNC(=O)CCOc1cc(C)ccc1C. The van der Waals surface area contributed by atoms with Crippen LogP contribution in [-0.4, -0.2) is 31.5 Å². The van der Waals surface area contributed by atoms with Gasteiger partial charge in [-0.05, 0) is 31.0 Å². The second kappa shape index (κ2) is 8.19. The summed E-state index contributed by atoms with van der Waals surface area (Å²) in [7, 11) is 0. The highest BCUT2D eigenvalue weighted by atomic mass is 16.5. The van der Waals surface area contributed by atoms with E-state index >= 15 is 0 Å². The summed E-state index contributed by atoms with van der Waals surface area (Å²) in [5.41, 5.74) is 2.19. The van der Waals surface area contributed by atoms with Crippen molar-refractivity contribution in [1.29, 1.82) is 0 Å². The van der Waals surface area contributed by atoms with Crippen LogP contribution >= 0.6 is 0 Å². The average molecular weight is 278 g/mol. The maximum atomic E-state index is 11.5. The summed E-state index contributed by atoms with van der Waals surface area (Å²) in [5.74, 6) is 0.634. The molecule has 5 heteroatoms. The third kappa shape index (κ3) is 6.22. The number of carbonyl (C=O) groups excluding carboxylic acids is 2. The molecule has 0 bridgehead atoms. The summed E-state index contributed by atoms with van der Waals surface area (Å²) >= 11 is 0. The molecule has 0 spiro atoms. The Kier molecular flexibility index (Phi) is 6.56. The van der Waals surface area contributed by atoms with Crippen LogP contribution in [-0.2, 0) is 9.59 Å². The molecule has 2 amide bonds. The normalized spacial score (nSPS) is 9.95. The number of hydrogen-bond donors (Lipinski definition) is 2. The minimum absolute atomic E-state index is 0.0827. The van der Waals surface area contributed by atoms with Crippen molar-refractivity contribution in [2.45, 2.75) is 27.2 Å². The number of benzene rings is 1. The summed E-state index contributed by atoms with van der Waals surface area (Å²) in [6.45, 7) is 6.64. The van der Waals surface area contributed by atoms with E-state index in [1.165, 1.54) is 6.92 Å². The van der Waals surface area contributed by atoms with Crippen LogP contribution in [0.15, 0.2) is 18.2 Å². The van der Waals surface area contributed by atoms with Crippen molar-refractivity contribution < 1.29 is 14.3 Å². The molecule has 2 N–H and O–H groups in total. The molecular formula is C15H22N2O3. The maximum Gasteiger partial charge on any atom is 0.223 e. The number of carbonyl (C=O) groups is 2. The van der Waals surface area contributed by atoms with Crippen LogP contribution in [0.2, 0.25) is 0 Å². The lowest BCUT2D eigenvalue weighted by Gasteiger charge is -2.10. The molecule has 0 saturated heterocycles. The highest BCUT2D eigenvalue weighted by Crippen LogP contribution is 2.19. The fourth-order valence-corrected chi connectivity index (χ4v) is 1.65. The quantitative estimate of drug-likeness (QED) is 0.739. The van der Waals surface area contributed by atoms with E-state index < -0.39 is 0 Å². The van der Waals surface area contributed by atoms with Crippen LogP contribution in [0.25, 0.3) is 0 Å². The van der Waals surface area contributed by atoms with Crippen molar-refractivity contribution in [2.75, 3.05) is 19.7 Å². The Morgan fingerprint density at radius 1 is 1.15 bits per heavy atom. The van der Waals surface area contributed by atoms with Crippen molar-refractivity contribution in [3.63, 3.8) is 0 Å². The zero-order valence-electron chi connectivity index (χ0n) is 12.3. The molecule has 110 valence electrons. The molecule has 0 fully saturated rings. The Morgan fingerprint density at radius 2 is 1.85 bits per heavy atom. The van der Waals surface area contributed by atoms with Gasteiger partial charge in [-0.3, -0.25) is 9.59 Å². The zero-order valence-corrected chi connectivity index (χ0v) is 12.3. The highest BCUT2D eigenvalue weighted by Gasteiger charge is 2.03. The second-order valence-corrected chi connectivity index (χ2v) is 4.70. The molecule has 0 atom stereocenters. The predicted octanol–water partition coefficient (Wildman–Crippen LogP) is 1.32. The van der Waals surface area contributed by atoms with Crippen molar-refractivity contribution in [3.8, 4) is 5.75 Å². The van der Waals surface area contributed by atoms with Crippen LogP contribution in [0.1, 0.15) is 24.5 Å². The fraction of sp³-hybridized carbons (Fsp3) is 0.467. The van der Waals surface area contributed by atoms with E-state index in [1.54, 1.807) is 0 Å². The number of aryl methyl sites for hydroxylation is 2. The summed E-state index contributed by atoms with van der Waals surface area (Å²) in [6.07, 6.45) is 0.299. The number of hydrogen-bond acceptors (Lipinski definition) is 3. The predicted molar refractivity (Wildman–Crippen MR) is 77.7 cm³/mol. The van der Waals surface area contributed by atoms with Gasteiger partial charge in [-0.15, -0.1) is 0 Å². The van der Waals surface area contributed by atoms with E-state index in [1.807, 2.05) is 32.0 Å². The summed E-state index contributed by atoms with van der Waals surface area (Å²) in [6, 6.07) is 5.99. The lowest BCUT2D eigenvalue weighted by molar-refractivity contribution is -0.122. The van der Waals surface area contributed by atoms with Gasteiger partial charge in [-0.2, -0.15) is 0 Å². The van der Waals surface area contributed by atoms with Crippen molar-refractivity contribution in [3.05, 3.63) is 29.3 Å². The first-order valence-electron chi connectivity index (χ1n) is 6.70. The smallest absolute Gasteiger partial charge is 0.223 e. The molecule has 0 aliphatic rings. The Hall–Kier alpha value is -2.04. The highest BCUT2D eigenvalue weighted by molar-refractivity contribution is 5.76. The van der Waals surface area contributed by atoms with Gasteiger partial charge in [0.2, 0.25) is 11.8 Å².